The summed E-state index contributed by atoms with van der Waals surface area (Å²) >= 11 is 0. The number of para-hydroxylation sites is 1. The van der Waals surface area contributed by atoms with Crippen molar-refractivity contribution in [2.24, 2.45) is 11.0 Å². The van der Waals surface area contributed by atoms with E-state index >= 15 is 0 Å². The largest absolute Gasteiger partial charge is 0.479 e. The van der Waals surface area contributed by atoms with Crippen molar-refractivity contribution >= 4 is 92.7 Å². The minimum atomic E-state index is -2.13. The molecule has 1 aliphatic carbocycles. The number of azide groups is 1. The fourth-order valence-corrected chi connectivity index (χ4v) is 17.6. The summed E-state index contributed by atoms with van der Waals surface area (Å²) in [4.78, 5) is 162. The molecule has 5 aromatic carbocycles. The Kier molecular flexibility index (Phi) is 42.2. The number of amides is 8. The van der Waals surface area contributed by atoms with E-state index in [0.29, 0.717) is 117 Å². The molecule has 794 valence electrons. The Morgan fingerprint density at radius 3 is 1.93 bits per heavy atom. The summed E-state index contributed by atoms with van der Waals surface area (Å²) in [7, 11) is 4.93. The maximum absolute atomic E-state index is 14.7. The Morgan fingerprint density at radius 1 is 0.660 bits per heavy atom. The molecule has 44 heteroatoms. The minimum absolute atomic E-state index is 0.00163. The lowest BCUT2D eigenvalue weighted by atomic mass is 9.86. The van der Waals surface area contributed by atoms with Crippen LogP contribution in [-0.2, 0) is 140 Å². The number of cyclic esters (lactones) is 1. The zero-order valence-electron chi connectivity index (χ0n) is 84.1. The van der Waals surface area contributed by atoms with Crippen molar-refractivity contribution in [3.05, 3.63) is 187 Å². The highest BCUT2D eigenvalue weighted by Gasteiger charge is 2.50. The molecular weight excluding hydrogens is 1910 g/mol. The molecule has 8 aromatic rings. The summed E-state index contributed by atoms with van der Waals surface area (Å²) < 4.78 is 76.1. The van der Waals surface area contributed by atoms with Crippen LogP contribution in [0.25, 0.3) is 54.8 Å². The van der Waals surface area contributed by atoms with Crippen LogP contribution in [0.5, 0.6) is 5.75 Å². The van der Waals surface area contributed by atoms with E-state index in [4.69, 9.17) is 72.1 Å². The number of hydrogen-bond donors (Lipinski definition) is 11. The van der Waals surface area contributed by atoms with Gasteiger partial charge >= 0.3 is 24.1 Å². The van der Waals surface area contributed by atoms with Crippen molar-refractivity contribution in [1.82, 2.24) is 50.3 Å². The second kappa shape index (κ2) is 55.0. The van der Waals surface area contributed by atoms with Crippen LogP contribution < -0.4 is 42.2 Å². The van der Waals surface area contributed by atoms with Crippen molar-refractivity contribution < 1.29 is 135 Å². The van der Waals surface area contributed by atoms with Crippen LogP contribution in [-0.4, -0.2) is 316 Å². The number of nitrogens with one attached hydrogen (secondary N) is 6. The molecule has 8 amide bonds. The number of aliphatic hydroxyl groups is 4. The second-order valence-electron chi connectivity index (χ2n) is 36.5. The molecule has 1 fully saturated rings. The zero-order chi connectivity index (χ0) is 105. The molecule has 0 bridgehead atoms. The molecule has 9 atom stereocenters. The third kappa shape index (κ3) is 29.9. The number of ether oxygens (including phenoxy) is 13. The Balaban J connectivity index is 0.674. The van der Waals surface area contributed by atoms with E-state index in [1.54, 1.807) is 85.1 Å². The molecule has 6 heterocycles. The number of methoxy groups -OCH3 is 1. The van der Waals surface area contributed by atoms with Crippen LogP contribution in [0.1, 0.15) is 137 Å². The molecule has 0 radical (unpaired) electrons. The SMILES string of the molecule is CC[C@@]1(O)C(=O)OCc2c1cc1n(c2=O)Cc2c-1nc1ccccc1c2CCN(C(=O)OCc1ccc(NC(=O)[C@H](C)NC(=O)[C@@H](NC(=O)[C@H](CCCCNC(=O)CCn2c(CN(C)N(C)C(=O)OCC3c4ccccc4-c4ccccc43)cc3cc(NC(=O)CCN=[N+]=[N-])ccc32)NC(=O)CCOCCOCCOCCOCCOCCOCCOCCOC)C(C)C)c(O[C@@H]2O[C@H](C(=O)O)[C@@H](O)[C@H](O)[C@H]2O)c1)C(C)C. The molecule has 11 N–H and O–H groups in total. The highest BCUT2D eigenvalue weighted by atomic mass is 16.7. The monoisotopic (exact) mass is 2040 g/mol. The lowest BCUT2D eigenvalue weighted by Crippen LogP contribution is -2.61. The minimum Gasteiger partial charge on any atom is -0.479 e. The molecule has 1 saturated heterocycles. The molecule has 12 rings (SSSR count). The van der Waals surface area contributed by atoms with Crippen molar-refractivity contribution in [1.29, 1.82) is 0 Å². The van der Waals surface area contributed by atoms with Gasteiger partial charge in [0.2, 0.25) is 41.7 Å². The summed E-state index contributed by atoms with van der Waals surface area (Å²) in [5.74, 6) is -7.58. The molecule has 147 heavy (non-hydrogen) atoms. The third-order valence-corrected chi connectivity index (χ3v) is 25.8. The quantitative estimate of drug-likeness (QED) is 0.00337. The summed E-state index contributed by atoms with van der Waals surface area (Å²) in [6.45, 7) is 14.6. The van der Waals surface area contributed by atoms with Gasteiger partial charge < -0.3 is 133 Å². The van der Waals surface area contributed by atoms with E-state index in [2.05, 4.69) is 54.1 Å². The van der Waals surface area contributed by atoms with Gasteiger partial charge in [0, 0.05) is 122 Å². The molecule has 0 saturated carbocycles. The average Bonchev–Trinajstić information content (AvgIpc) is 1.58. The number of aliphatic hydroxyl groups excluding tert-OH is 3. The van der Waals surface area contributed by atoms with E-state index < -0.39 is 126 Å². The molecule has 0 spiro atoms. The van der Waals surface area contributed by atoms with E-state index in [1.165, 1.54) is 39.6 Å². The Hall–Kier alpha value is -13.1. The number of carboxylic acids is 1. The number of rotatable bonds is 59. The zero-order valence-corrected chi connectivity index (χ0v) is 84.1. The van der Waals surface area contributed by atoms with Gasteiger partial charge in [-0.1, -0.05) is 98.7 Å². The van der Waals surface area contributed by atoms with Gasteiger partial charge in [-0.2, -0.15) is 0 Å². The Morgan fingerprint density at radius 2 is 1.30 bits per heavy atom. The fraction of sp³-hybridized carbons (Fsp3) is 0.515. The number of aliphatic carboxylic acids is 1. The number of carbonyl (C=O) groups excluding carboxylic acids is 9. The van der Waals surface area contributed by atoms with Crippen molar-refractivity contribution in [2.45, 2.75) is 192 Å². The van der Waals surface area contributed by atoms with Gasteiger partial charge in [0.1, 0.15) is 62.0 Å². The van der Waals surface area contributed by atoms with Crippen LogP contribution in [0, 0.1) is 5.92 Å². The number of benzene rings is 5. The van der Waals surface area contributed by atoms with Crippen LogP contribution in [0.3, 0.4) is 0 Å². The number of pyridine rings is 2. The first-order valence-corrected chi connectivity index (χ1v) is 49.3. The number of esters is 1. The predicted octanol–water partition coefficient (Wildman–Crippen LogP) is 7.36. The van der Waals surface area contributed by atoms with Crippen molar-refractivity contribution in [3.8, 4) is 28.3 Å². The number of anilines is 2. The van der Waals surface area contributed by atoms with E-state index in [1.807, 2.05) is 71.3 Å². The lowest BCUT2D eigenvalue weighted by Gasteiger charge is -2.38. The van der Waals surface area contributed by atoms with E-state index in [0.717, 1.165) is 33.2 Å². The van der Waals surface area contributed by atoms with Crippen molar-refractivity contribution in [2.75, 3.05) is 157 Å². The van der Waals surface area contributed by atoms with Gasteiger partial charge in [0.15, 0.2) is 11.7 Å². The van der Waals surface area contributed by atoms with Crippen LogP contribution in [0.15, 0.2) is 131 Å². The van der Waals surface area contributed by atoms with Crippen LogP contribution >= 0.6 is 0 Å². The topological polar surface area (TPSA) is 562 Å². The van der Waals surface area contributed by atoms with Gasteiger partial charge in [0.05, 0.1) is 140 Å². The maximum Gasteiger partial charge on any atom is 0.424 e. The number of hydrogen-bond acceptors (Lipinski definition) is 31. The molecule has 3 aliphatic heterocycles. The van der Waals surface area contributed by atoms with Crippen LogP contribution in [0.4, 0.5) is 21.0 Å². The smallest absolute Gasteiger partial charge is 0.424 e. The number of hydrazine groups is 1. The Labute approximate surface area is 849 Å². The fourth-order valence-electron chi connectivity index (χ4n) is 17.6. The number of unbranched alkanes of at least 4 members (excludes halogenated alkanes) is 1. The highest BCUT2D eigenvalue weighted by Crippen LogP contribution is 2.46. The van der Waals surface area contributed by atoms with Gasteiger partial charge in [-0.3, -0.25) is 33.6 Å². The molecule has 3 aromatic heterocycles. The second-order valence-corrected chi connectivity index (χ2v) is 36.5. The number of aryl methyl sites for hydroxylation is 1. The summed E-state index contributed by atoms with van der Waals surface area (Å²) in [5, 5.41) is 78.9. The summed E-state index contributed by atoms with van der Waals surface area (Å²) in [5.41, 5.74) is 15.6. The standard InChI is InChI=1S/C103H133N15O29/c1-10-103(134)78-56-83-89-75(58-118(83)97(128)77(78)61-143-100(103)131)73(74-23-15-16-24-79(74)110-89)31-36-116(63(4)5)102(133)144-59-65-26-28-80(84(53-65)146-99-92(124)90(122)91(123)93(147-99)98(129)130)111-94(125)64(6)107-96(127)88(62(2)3)112-95(126)81(109-87(121)33-38-136-41-42-138-45-46-140-49-50-142-52-51-141-48-47-139-44-43-137-40-39-135-9)25-17-18-34-105-85(119)32-37-117-68(55-66-54-67(27-29-82(66)117)108-86(120)30-35-106-113-104)57-114(7)115(8)101(132)145-60-76-71-21-13-11-19-69(71)70-20-12-14-22-72(70)76/h11-16,19-24,26-29,53-56,62-64,76,81,88,90-93,99,122-124,134H,10,17-18,25,30-52,57-61H2,1-9H3,(H,105,119)(H,107,127)(H,108,120)(H,109,121)(H,111,125)(H,112,126)(H,129,130)/t64-,81-,88-,90-,91-,92+,93-,99+,103-/m0/s1. The predicted molar refractivity (Wildman–Crippen MR) is 534 cm³/mol. The number of aromatic nitrogens is 3. The normalized spacial score (nSPS) is 17.1. The van der Waals surface area contributed by atoms with Gasteiger partial charge in [-0.15, -0.1) is 0 Å². The molecule has 44 nitrogen and oxygen atoms in total. The van der Waals surface area contributed by atoms with Crippen molar-refractivity contribution in [3.63, 3.8) is 0 Å². The van der Waals surface area contributed by atoms with Gasteiger partial charge in [0.25, 0.3) is 5.56 Å². The molecule has 4 aliphatic rings. The van der Waals surface area contributed by atoms with E-state index in [-0.39, 0.29) is 176 Å². The maximum atomic E-state index is 14.7. The first kappa shape index (κ1) is 113. The number of nitrogens with zero attached hydrogens (tertiary/aromatic N) is 9. The number of fused-ring (bicyclic) bond motifs is 9. The summed E-state index contributed by atoms with van der Waals surface area (Å²) in [6.07, 6.45) is -11.4. The average molecular weight is 2050 g/mol. The molecular formula is C103H133N15O29. The first-order chi connectivity index (χ1) is 70.8. The van der Waals surface area contributed by atoms with Crippen LogP contribution in [0.2, 0.25) is 0 Å². The lowest BCUT2D eigenvalue weighted by molar-refractivity contribution is -0.271. The van der Waals surface area contributed by atoms with E-state index in [9.17, 15) is 78.3 Å². The van der Waals surface area contributed by atoms with Gasteiger partial charge in [-0.25, -0.2) is 34.2 Å². The summed E-state index contributed by atoms with van der Waals surface area (Å²) in [6, 6.07) is 31.7. The van der Waals surface area contributed by atoms with Gasteiger partial charge in [-0.05, 0) is 146 Å². The Bertz CT molecular complexity index is 5970. The first-order valence-electron chi connectivity index (χ1n) is 49.3. The third-order valence-electron chi connectivity index (χ3n) is 25.8. The highest BCUT2D eigenvalue weighted by molar-refractivity contribution is 6.00. The molecule has 0 unspecified atom stereocenters. The number of carbonyl (C=O) groups is 10. The number of carboxylic acid groups (broad SMARTS) is 1.